The normalized spacial score (nSPS) is 11.2. The highest BCUT2D eigenvalue weighted by molar-refractivity contribution is 5.94. The molecule has 4 rings (SSSR count). The van der Waals surface area contributed by atoms with Gasteiger partial charge in [-0.15, -0.1) is 0 Å². The van der Waals surface area contributed by atoms with Gasteiger partial charge in [-0.2, -0.15) is 0 Å². The first-order valence-electron chi connectivity index (χ1n) is 8.11. The molecule has 0 saturated heterocycles. The first kappa shape index (κ1) is 16.1. The predicted molar refractivity (Wildman–Crippen MR) is 99.2 cm³/mol. The summed E-state index contributed by atoms with van der Waals surface area (Å²) in [5.41, 5.74) is 1.73. The summed E-state index contributed by atoms with van der Waals surface area (Å²) < 4.78 is 18.1. The Hall–Kier alpha value is -3.41. The molecule has 0 atom stereocenters. The summed E-state index contributed by atoms with van der Waals surface area (Å²) in [5.74, 6) is -0.374. The van der Waals surface area contributed by atoms with Crippen molar-refractivity contribution in [3.8, 4) is 16.9 Å². The van der Waals surface area contributed by atoms with Gasteiger partial charge in [0.25, 0.3) is 5.56 Å². The first-order chi connectivity index (χ1) is 12.5. The van der Waals surface area contributed by atoms with Crippen molar-refractivity contribution in [2.24, 2.45) is 14.1 Å². The van der Waals surface area contributed by atoms with E-state index in [-0.39, 0.29) is 11.4 Å². The Morgan fingerprint density at radius 2 is 1.62 bits per heavy atom. The summed E-state index contributed by atoms with van der Waals surface area (Å²) in [5, 5.41) is 0.421. The molecule has 5 nitrogen and oxygen atoms in total. The fraction of sp³-hybridized carbons (Fsp3) is 0.100. The van der Waals surface area contributed by atoms with Gasteiger partial charge in [0, 0.05) is 26.0 Å². The third-order valence-corrected chi connectivity index (χ3v) is 4.57. The van der Waals surface area contributed by atoms with Crippen LogP contribution >= 0.6 is 0 Å². The quantitative estimate of drug-likeness (QED) is 0.559. The molecule has 0 aliphatic rings. The smallest absolute Gasteiger partial charge is 0.313 e. The van der Waals surface area contributed by atoms with Gasteiger partial charge < -0.3 is 4.57 Å². The summed E-state index contributed by atoms with van der Waals surface area (Å²) in [6, 6.07) is 15.5. The van der Waals surface area contributed by atoms with Gasteiger partial charge in [0.1, 0.15) is 5.82 Å². The molecule has 0 saturated carbocycles. The molecule has 130 valence electrons. The lowest BCUT2D eigenvalue weighted by molar-refractivity contribution is 0.626. The number of halogens is 1. The molecule has 0 unspecified atom stereocenters. The van der Waals surface area contributed by atoms with E-state index in [2.05, 4.69) is 0 Å². The second kappa shape index (κ2) is 5.84. The maximum absolute atomic E-state index is 13.8. The van der Waals surface area contributed by atoms with Crippen LogP contribution in [0.4, 0.5) is 4.39 Å². The van der Waals surface area contributed by atoms with Gasteiger partial charge in [0.2, 0.25) is 0 Å². The lowest BCUT2D eigenvalue weighted by Gasteiger charge is -2.10. The van der Waals surface area contributed by atoms with Crippen molar-refractivity contribution in [2.75, 3.05) is 0 Å². The second-order valence-electron chi connectivity index (χ2n) is 6.16. The van der Waals surface area contributed by atoms with E-state index in [1.807, 2.05) is 30.3 Å². The van der Waals surface area contributed by atoms with Crippen LogP contribution in [0.2, 0.25) is 0 Å². The summed E-state index contributed by atoms with van der Waals surface area (Å²) in [6.45, 7) is 0. The van der Waals surface area contributed by atoms with E-state index < -0.39 is 5.69 Å². The molecule has 2 aromatic carbocycles. The third-order valence-electron chi connectivity index (χ3n) is 4.57. The van der Waals surface area contributed by atoms with E-state index in [0.29, 0.717) is 22.3 Å². The Bertz CT molecular complexity index is 1250. The monoisotopic (exact) mass is 349 g/mol. The standard InChI is InChI=1S/C20H16FN3O2/c1-22-16-12-24(15-10-6-9-14(21)11-15)18(13-7-4-3-5-8-13)17(16)19(25)23(2)20(22)26/h3-12H,1-2H3. The maximum Gasteiger partial charge on any atom is 0.330 e. The average Bonchev–Trinajstić information content (AvgIpc) is 3.06. The molecule has 4 aromatic rings. The Kier molecular flexibility index (Phi) is 3.61. The van der Waals surface area contributed by atoms with Crippen LogP contribution in [0.25, 0.3) is 27.8 Å². The zero-order valence-electron chi connectivity index (χ0n) is 14.3. The third kappa shape index (κ3) is 2.30. The highest BCUT2D eigenvalue weighted by Crippen LogP contribution is 2.30. The minimum atomic E-state index is -0.404. The van der Waals surface area contributed by atoms with Crippen LogP contribution in [0.15, 0.2) is 70.4 Å². The highest BCUT2D eigenvalue weighted by Gasteiger charge is 2.20. The van der Waals surface area contributed by atoms with Gasteiger partial charge in [0.15, 0.2) is 0 Å². The molecule has 0 fully saturated rings. The number of rotatable bonds is 2. The molecule has 2 aromatic heterocycles. The summed E-state index contributed by atoms with van der Waals surface area (Å²) in [6.07, 6.45) is 1.70. The van der Waals surface area contributed by atoms with E-state index in [0.717, 1.165) is 10.1 Å². The molecule has 0 N–H and O–H groups in total. The van der Waals surface area contributed by atoms with Crippen molar-refractivity contribution >= 4 is 10.9 Å². The van der Waals surface area contributed by atoms with E-state index in [4.69, 9.17) is 0 Å². The van der Waals surface area contributed by atoms with Crippen molar-refractivity contribution in [1.29, 1.82) is 0 Å². The zero-order valence-corrected chi connectivity index (χ0v) is 14.3. The number of aromatic nitrogens is 3. The number of hydrogen-bond acceptors (Lipinski definition) is 2. The Morgan fingerprint density at radius 3 is 2.31 bits per heavy atom. The van der Waals surface area contributed by atoms with E-state index in [1.54, 1.807) is 29.9 Å². The number of fused-ring (bicyclic) bond motifs is 1. The molecule has 0 bridgehead atoms. The lowest BCUT2D eigenvalue weighted by atomic mass is 10.1. The van der Waals surface area contributed by atoms with Gasteiger partial charge >= 0.3 is 5.69 Å². The molecular formula is C20H16FN3O2. The number of aryl methyl sites for hydroxylation is 1. The molecule has 0 aliphatic carbocycles. The van der Waals surface area contributed by atoms with Crippen LogP contribution in [-0.4, -0.2) is 13.7 Å². The fourth-order valence-corrected chi connectivity index (χ4v) is 3.25. The zero-order chi connectivity index (χ0) is 18.4. The molecule has 0 aliphatic heterocycles. The number of hydrogen-bond donors (Lipinski definition) is 0. The molecule has 0 amide bonds. The van der Waals surface area contributed by atoms with Crippen LogP contribution < -0.4 is 11.2 Å². The van der Waals surface area contributed by atoms with Gasteiger partial charge in [0.05, 0.1) is 16.6 Å². The fourth-order valence-electron chi connectivity index (χ4n) is 3.25. The predicted octanol–water partition coefficient (Wildman–Crippen LogP) is 2.83. The highest BCUT2D eigenvalue weighted by atomic mass is 19.1. The Balaban J connectivity index is 2.23. The summed E-state index contributed by atoms with van der Waals surface area (Å²) >= 11 is 0. The van der Waals surface area contributed by atoms with Gasteiger partial charge in [-0.1, -0.05) is 36.4 Å². The van der Waals surface area contributed by atoms with E-state index in [9.17, 15) is 14.0 Å². The van der Waals surface area contributed by atoms with Crippen molar-refractivity contribution in [3.63, 3.8) is 0 Å². The molecule has 26 heavy (non-hydrogen) atoms. The topological polar surface area (TPSA) is 48.9 Å². The minimum Gasteiger partial charge on any atom is -0.313 e. The Morgan fingerprint density at radius 1 is 0.885 bits per heavy atom. The second-order valence-corrected chi connectivity index (χ2v) is 6.16. The average molecular weight is 349 g/mol. The molecule has 6 heteroatoms. The van der Waals surface area contributed by atoms with Crippen LogP contribution in [0.3, 0.4) is 0 Å². The van der Waals surface area contributed by atoms with Crippen LogP contribution in [0, 0.1) is 5.82 Å². The van der Waals surface area contributed by atoms with Gasteiger partial charge in [-0.25, -0.2) is 9.18 Å². The largest absolute Gasteiger partial charge is 0.330 e. The number of benzene rings is 2. The molecule has 0 radical (unpaired) electrons. The molecular weight excluding hydrogens is 333 g/mol. The van der Waals surface area contributed by atoms with Crippen LogP contribution in [-0.2, 0) is 14.1 Å². The minimum absolute atomic E-state index is 0.374. The molecule has 0 spiro atoms. The SMILES string of the molecule is Cn1c(=O)c2c(-c3ccccc3)n(-c3cccc(F)c3)cc2n(C)c1=O. The van der Waals surface area contributed by atoms with Crippen molar-refractivity contribution < 1.29 is 4.39 Å². The van der Waals surface area contributed by atoms with Gasteiger partial charge in [-0.05, 0) is 23.8 Å². The summed E-state index contributed by atoms with van der Waals surface area (Å²) in [7, 11) is 3.08. The summed E-state index contributed by atoms with van der Waals surface area (Å²) in [4.78, 5) is 25.2. The van der Waals surface area contributed by atoms with E-state index >= 15 is 0 Å². The van der Waals surface area contributed by atoms with Crippen molar-refractivity contribution in [1.82, 2.24) is 13.7 Å². The first-order valence-corrected chi connectivity index (χ1v) is 8.11. The number of nitrogens with zero attached hydrogens (tertiary/aromatic N) is 3. The van der Waals surface area contributed by atoms with E-state index in [1.165, 1.54) is 23.7 Å². The van der Waals surface area contributed by atoms with Crippen molar-refractivity contribution in [2.45, 2.75) is 0 Å². The van der Waals surface area contributed by atoms with Crippen LogP contribution in [0.5, 0.6) is 0 Å². The van der Waals surface area contributed by atoms with Crippen molar-refractivity contribution in [3.05, 3.63) is 87.4 Å². The van der Waals surface area contributed by atoms with Gasteiger partial charge in [-0.3, -0.25) is 13.9 Å². The maximum atomic E-state index is 13.8. The Labute approximate surface area is 148 Å². The lowest BCUT2D eigenvalue weighted by Crippen LogP contribution is -2.36. The molecule has 2 heterocycles. The van der Waals surface area contributed by atoms with Crippen LogP contribution in [0.1, 0.15) is 0 Å².